The summed E-state index contributed by atoms with van der Waals surface area (Å²) in [5.74, 6) is 0.110. The number of likely N-dealkylation sites (N-methyl/N-ethyl adjacent to an activating group) is 1. The molecular weight excluding hydrogens is 402 g/mol. The molecule has 0 spiro atoms. The van der Waals surface area contributed by atoms with Gasteiger partial charge in [0.15, 0.2) is 0 Å². The molecule has 1 unspecified atom stereocenters. The second-order valence-corrected chi connectivity index (χ2v) is 9.06. The quantitative estimate of drug-likeness (QED) is 0.364. The largest absolute Gasteiger partial charge is 0.376 e. The van der Waals surface area contributed by atoms with Crippen molar-refractivity contribution in [2.75, 3.05) is 20.6 Å². The number of rotatable bonds is 6. The predicted octanol–water partition coefficient (Wildman–Crippen LogP) is 6.27. The molecule has 2 nitrogen and oxygen atoms in total. The number of aliphatic hydroxyl groups is 1. The molecule has 0 saturated heterocycles. The van der Waals surface area contributed by atoms with Crippen LogP contribution in [-0.4, -0.2) is 30.6 Å². The first-order chi connectivity index (χ1) is 16.1. The third-order valence-electron chi connectivity index (χ3n) is 6.48. The zero-order valence-electron chi connectivity index (χ0n) is 19.1. The van der Waals surface area contributed by atoms with Crippen molar-refractivity contribution in [3.05, 3.63) is 143 Å². The molecule has 0 heterocycles. The third-order valence-corrected chi connectivity index (χ3v) is 6.48. The van der Waals surface area contributed by atoms with Gasteiger partial charge in [-0.3, -0.25) is 0 Å². The molecular formula is C31H29NO. The van der Waals surface area contributed by atoms with Gasteiger partial charge in [-0.2, -0.15) is 0 Å². The number of nitrogens with zero attached hydrogens (tertiary/aromatic N) is 1. The van der Waals surface area contributed by atoms with E-state index in [9.17, 15) is 5.11 Å². The summed E-state index contributed by atoms with van der Waals surface area (Å²) in [6.45, 7) is 0.900. The number of benzene rings is 4. The highest BCUT2D eigenvalue weighted by Crippen LogP contribution is 2.45. The molecule has 2 heteroatoms. The molecule has 0 amide bonds. The molecule has 0 aliphatic heterocycles. The number of fused-ring (bicyclic) bond motifs is 1. The lowest BCUT2D eigenvalue weighted by atomic mass is 9.74. The summed E-state index contributed by atoms with van der Waals surface area (Å²) in [5.41, 5.74) is 3.84. The summed E-state index contributed by atoms with van der Waals surface area (Å²) < 4.78 is 0. The molecule has 0 fully saturated rings. The van der Waals surface area contributed by atoms with Crippen molar-refractivity contribution >= 4 is 10.8 Å². The lowest BCUT2D eigenvalue weighted by molar-refractivity contribution is 0.126. The number of allylic oxidation sites excluding steroid dienone is 2. The van der Waals surface area contributed by atoms with Gasteiger partial charge in [0.25, 0.3) is 0 Å². The Morgan fingerprint density at radius 3 is 2.00 bits per heavy atom. The highest BCUT2D eigenvalue weighted by Gasteiger charge is 2.38. The zero-order valence-corrected chi connectivity index (χ0v) is 19.1. The maximum absolute atomic E-state index is 12.7. The Hall–Kier alpha value is -3.46. The van der Waals surface area contributed by atoms with E-state index in [0.29, 0.717) is 0 Å². The van der Waals surface area contributed by atoms with E-state index in [4.69, 9.17) is 0 Å². The Balaban J connectivity index is 1.81. The van der Waals surface area contributed by atoms with Gasteiger partial charge in [0, 0.05) is 18.0 Å². The highest BCUT2D eigenvalue weighted by atomic mass is 16.3. The first-order valence-corrected chi connectivity index (χ1v) is 11.5. The van der Waals surface area contributed by atoms with Gasteiger partial charge in [0.2, 0.25) is 0 Å². The summed E-state index contributed by atoms with van der Waals surface area (Å²) in [4.78, 5) is 2.18. The molecule has 0 saturated carbocycles. The molecule has 4 aromatic carbocycles. The third kappa shape index (κ3) is 3.93. The van der Waals surface area contributed by atoms with Crippen LogP contribution in [0.2, 0.25) is 0 Å². The fraction of sp³-hybridized carbons (Fsp3) is 0.161. The maximum atomic E-state index is 12.7. The average molecular weight is 432 g/mol. The van der Waals surface area contributed by atoms with Gasteiger partial charge in [-0.1, -0.05) is 115 Å². The van der Waals surface area contributed by atoms with Gasteiger partial charge in [-0.15, -0.1) is 0 Å². The number of hydrogen-bond acceptors (Lipinski definition) is 2. The molecule has 33 heavy (non-hydrogen) atoms. The fourth-order valence-electron chi connectivity index (χ4n) is 5.02. The molecule has 164 valence electrons. The Morgan fingerprint density at radius 1 is 0.758 bits per heavy atom. The average Bonchev–Trinajstić information content (AvgIpc) is 3.31. The normalized spacial score (nSPS) is 15.9. The van der Waals surface area contributed by atoms with Crippen LogP contribution in [0.5, 0.6) is 0 Å². The van der Waals surface area contributed by atoms with Crippen LogP contribution in [0.3, 0.4) is 0 Å². The first-order valence-electron chi connectivity index (χ1n) is 11.5. The molecule has 0 radical (unpaired) electrons. The molecule has 5 rings (SSSR count). The molecule has 0 bridgehead atoms. The lowest BCUT2D eigenvalue weighted by Crippen LogP contribution is -2.31. The van der Waals surface area contributed by atoms with E-state index < -0.39 is 5.60 Å². The minimum Gasteiger partial charge on any atom is -0.376 e. The van der Waals surface area contributed by atoms with E-state index in [1.165, 1.54) is 5.57 Å². The highest BCUT2D eigenvalue weighted by molar-refractivity contribution is 5.89. The van der Waals surface area contributed by atoms with Crippen LogP contribution < -0.4 is 0 Å². The molecule has 1 atom stereocenters. The number of hydrogen-bond donors (Lipinski definition) is 1. The first kappa shape index (κ1) is 21.4. The van der Waals surface area contributed by atoms with Gasteiger partial charge in [-0.05, 0) is 47.1 Å². The second kappa shape index (κ2) is 8.82. The zero-order chi connectivity index (χ0) is 22.8. The van der Waals surface area contributed by atoms with E-state index in [2.05, 4.69) is 73.6 Å². The van der Waals surface area contributed by atoms with E-state index in [1.54, 1.807) is 0 Å². The van der Waals surface area contributed by atoms with Crippen molar-refractivity contribution in [1.29, 1.82) is 0 Å². The standard InChI is InChI=1S/C31H29NO/c1-32(2)22-23-17-18-25(21-23)29-20-19-24-11-9-10-16-28(24)30(29)31(33,26-12-5-3-6-13-26)27-14-7-4-8-15-27/h3-21,25,33H,22H2,1-2H3. The molecule has 4 aromatic rings. The van der Waals surface area contributed by atoms with Crippen molar-refractivity contribution in [2.45, 2.75) is 11.5 Å². The van der Waals surface area contributed by atoms with Gasteiger partial charge in [0.05, 0.1) is 0 Å². The lowest BCUT2D eigenvalue weighted by Gasteiger charge is -2.34. The van der Waals surface area contributed by atoms with Crippen LogP contribution in [0.4, 0.5) is 0 Å². The van der Waals surface area contributed by atoms with E-state index >= 15 is 0 Å². The fourth-order valence-corrected chi connectivity index (χ4v) is 5.02. The van der Waals surface area contributed by atoms with Gasteiger partial charge in [0.1, 0.15) is 5.60 Å². The minimum absolute atomic E-state index is 0.110. The Morgan fingerprint density at radius 2 is 1.36 bits per heavy atom. The van der Waals surface area contributed by atoms with Gasteiger partial charge >= 0.3 is 0 Å². The molecule has 1 aliphatic carbocycles. The topological polar surface area (TPSA) is 23.5 Å². The maximum Gasteiger partial charge on any atom is 0.141 e. The summed E-state index contributed by atoms with van der Waals surface area (Å²) in [7, 11) is 4.18. The van der Waals surface area contributed by atoms with E-state index in [1.807, 2.05) is 60.7 Å². The van der Waals surface area contributed by atoms with Crippen LogP contribution in [0.1, 0.15) is 28.2 Å². The molecule has 1 aliphatic rings. The summed E-state index contributed by atoms with van der Waals surface area (Å²) >= 11 is 0. The van der Waals surface area contributed by atoms with E-state index in [-0.39, 0.29) is 5.92 Å². The van der Waals surface area contributed by atoms with Crippen LogP contribution in [0.25, 0.3) is 10.8 Å². The Labute approximate surface area is 196 Å². The van der Waals surface area contributed by atoms with Gasteiger partial charge < -0.3 is 10.0 Å². The monoisotopic (exact) mass is 431 g/mol. The SMILES string of the molecule is CN(C)CC1=CC(c2ccc3ccccc3c2C(O)(c2ccccc2)c2ccccc2)C=C1. The van der Waals surface area contributed by atoms with Gasteiger partial charge in [-0.25, -0.2) is 0 Å². The predicted molar refractivity (Wildman–Crippen MR) is 137 cm³/mol. The second-order valence-electron chi connectivity index (χ2n) is 9.06. The molecule has 0 aromatic heterocycles. The minimum atomic E-state index is -1.29. The van der Waals surface area contributed by atoms with Crippen LogP contribution in [-0.2, 0) is 5.60 Å². The van der Waals surface area contributed by atoms with Crippen LogP contribution in [0, 0.1) is 0 Å². The van der Waals surface area contributed by atoms with Crippen LogP contribution >= 0.6 is 0 Å². The smallest absolute Gasteiger partial charge is 0.141 e. The Bertz CT molecular complexity index is 1280. The van der Waals surface area contributed by atoms with Crippen molar-refractivity contribution in [2.24, 2.45) is 0 Å². The van der Waals surface area contributed by atoms with Crippen molar-refractivity contribution in [3.8, 4) is 0 Å². The Kier molecular flexibility index (Phi) is 5.72. The molecule has 1 N–H and O–H groups in total. The van der Waals surface area contributed by atoms with E-state index in [0.717, 1.165) is 39.6 Å². The summed E-state index contributed by atoms with van der Waals surface area (Å²) in [5, 5.41) is 14.9. The van der Waals surface area contributed by atoms with Crippen molar-refractivity contribution in [3.63, 3.8) is 0 Å². The summed E-state index contributed by atoms with van der Waals surface area (Å²) in [6, 6.07) is 32.8. The van der Waals surface area contributed by atoms with Crippen molar-refractivity contribution in [1.82, 2.24) is 4.90 Å². The van der Waals surface area contributed by atoms with Crippen LogP contribution in [0.15, 0.2) is 121 Å². The summed E-state index contributed by atoms with van der Waals surface area (Å²) in [6.07, 6.45) is 6.79. The van der Waals surface area contributed by atoms with Crippen molar-refractivity contribution < 1.29 is 5.11 Å².